The minimum atomic E-state index is -3.20. The number of thiazole rings is 1. The molecule has 0 radical (unpaired) electrons. The van der Waals surface area contributed by atoms with Gasteiger partial charge in [0.25, 0.3) is 0 Å². The zero-order valence-corrected chi connectivity index (χ0v) is 13.6. The van der Waals surface area contributed by atoms with Crippen LogP contribution in [0.25, 0.3) is 0 Å². The molecule has 0 aromatic carbocycles. The largest absolute Gasteiger partial charge is 0.314 e. The Labute approximate surface area is 124 Å². The maximum Gasteiger partial charge on any atom is 0.215 e. The lowest BCUT2D eigenvalue weighted by atomic mass is 10.4. The number of rotatable bonds is 6. The molecule has 1 N–H and O–H groups in total. The van der Waals surface area contributed by atoms with Crippen LogP contribution < -0.4 is 5.32 Å². The molecule has 2 rings (SSSR count). The molecule has 114 valence electrons. The van der Waals surface area contributed by atoms with Gasteiger partial charge in [0.1, 0.15) is 0 Å². The molecule has 0 unspecified atom stereocenters. The molecule has 1 aliphatic rings. The van der Waals surface area contributed by atoms with Gasteiger partial charge in [-0.2, -0.15) is 4.31 Å². The molecule has 0 atom stereocenters. The lowest BCUT2D eigenvalue weighted by Gasteiger charge is -2.27. The van der Waals surface area contributed by atoms with Gasteiger partial charge in [-0.05, 0) is 6.92 Å². The zero-order valence-electron chi connectivity index (χ0n) is 12.0. The van der Waals surface area contributed by atoms with Gasteiger partial charge >= 0.3 is 0 Å². The minimum absolute atomic E-state index is 0.182. The molecule has 0 saturated carbocycles. The minimum Gasteiger partial charge on any atom is -0.314 e. The number of aryl methyl sites for hydroxylation is 1. The molecule has 8 heteroatoms. The van der Waals surface area contributed by atoms with Gasteiger partial charge in [-0.25, -0.2) is 13.4 Å². The van der Waals surface area contributed by atoms with Crippen LogP contribution in [0.1, 0.15) is 10.6 Å². The summed E-state index contributed by atoms with van der Waals surface area (Å²) in [7, 11) is -1.56. The van der Waals surface area contributed by atoms with Crippen LogP contribution in [-0.4, -0.2) is 68.1 Å². The van der Waals surface area contributed by atoms with Crippen molar-refractivity contribution >= 4 is 21.4 Å². The second-order valence-corrected chi connectivity index (χ2v) is 8.16. The van der Waals surface area contributed by atoms with Crippen molar-refractivity contribution in [2.75, 3.05) is 45.5 Å². The van der Waals surface area contributed by atoms with E-state index in [2.05, 4.69) is 15.2 Å². The maximum atomic E-state index is 12.3. The van der Waals surface area contributed by atoms with Crippen molar-refractivity contribution in [3.63, 3.8) is 0 Å². The summed E-state index contributed by atoms with van der Waals surface area (Å²) in [4.78, 5) is 7.36. The van der Waals surface area contributed by atoms with Crippen LogP contribution in [0.2, 0.25) is 0 Å². The fourth-order valence-electron chi connectivity index (χ4n) is 2.11. The second-order valence-electron chi connectivity index (χ2n) is 5.02. The first kappa shape index (κ1) is 15.8. The van der Waals surface area contributed by atoms with E-state index in [9.17, 15) is 8.42 Å². The van der Waals surface area contributed by atoms with Crippen LogP contribution in [-0.2, 0) is 16.6 Å². The molecule has 0 bridgehead atoms. The van der Waals surface area contributed by atoms with Gasteiger partial charge in [-0.15, -0.1) is 11.3 Å². The molecule has 1 saturated heterocycles. The highest BCUT2D eigenvalue weighted by Crippen LogP contribution is 2.16. The molecule has 20 heavy (non-hydrogen) atoms. The lowest BCUT2D eigenvalue weighted by Crippen LogP contribution is -2.46. The summed E-state index contributed by atoms with van der Waals surface area (Å²) < 4.78 is 26.0. The predicted octanol–water partition coefficient (Wildman–Crippen LogP) is 0.118. The molecule has 2 heterocycles. The normalized spacial score (nSPS) is 17.8. The van der Waals surface area contributed by atoms with Crippen molar-refractivity contribution in [1.29, 1.82) is 0 Å². The van der Waals surface area contributed by atoms with Crippen LogP contribution in [0.5, 0.6) is 0 Å². The molecule has 1 aromatic heterocycles. The Morgan fingerprint density at radius 3 is 2.75 bits per heavy atom. The van der Waals surface area contributed by atoms with E-state index in [0.717, 1.165) is 36.8 Å². The van der Waals surface area contributed by atoms with Gasteiger partial charge in [0.05, 0.1) is 17.0 Å². The van der Waals surface area contributed by atoms with Gasteiger partial charge < -0.3 is 5.32 Å². The lowest BCUT2D eigenvalue weighted by molar-refractivity contribution is 0.252. The van der Waals surface area contributed by atoms with Crippen LogP contribution in [0, 0.1) is 6.92 Å². The van der Waals surface area contributed by atoms with Crippen LogP contribution in [0.3, 0.4) is 0 Å². The first-order chi connectivity index (χ1) is 9.49. The molecule has 1 aliphatic heterocycles. The van der Waals surface area contributed by atoms with E-state index in [1.54, 1.807) is 12.6 Å². The number of sulfonamides is 1. The van der Waals surface area contributed by atoms with Gasteiger partial charge in [-0.3, -0.25) is 4.90 Å². The van der Waals surface area contributed by atoms with E-state index in [4.69, 9.17) is 0 Å². The Morgan fingerprint density at radius 1 is 1.45 bits per heavy atom. The smallest absolute Gasteiger partial charge is 0.215 e. The number of aromatic nitrogens is 1. The number of nitrogens with one attached hydrogen (secondary N) is 1. The average Bonchev–Trinajstić information content (AvgIpc) is 2.83. The molecular weight excluding hydrogens is 296 g/mol. The quantitative estimate of drug-likeness (QED) is 0.807. The highest BCUT2D eigenvalue weighted by Gasteiger charge is 2.21. The molecule has 0 aliphatic carbocycles. The molecule has 1 aromatic rings. The van der Waals surface area contributed by atoms with E-state index in [-0.39, 0.29) is 5.75 Å². The molecular formula is C12H22N4O2S2. The summed E-state index contributed by atoms with van der Waals surface area (Å²) in [5.41, 5.74) is 2.67. The first-order valence-corrected chi connectivity index (χ1v) is 9.24. The summed E-state index contributed by atoms with van der Waals surface area (Å²) in [6.45, 7) is 6.66. The number of hydrogen-bond acceptors (Lipinski definition) is 6. The summed E-state index contributed by atoms with van der Waals surface area (Å²) in [5.74, 6) is 0.182. The van der Waals surface area contributed by atoms with Crippen molar-refractivity contribution in [2.45, 2.75) is 13.5 Å². The molecule has 0 spiro atoms. The standard InChI is InChI=1S/C12H22N4O2S2/c1-11-12(19-10-14-11)9-15(2)20(17,18)8-7-16-5-3-13-4-6-16/h10,13H,3-9H2,1-2H3. The predicted molar refractivity (Wildman–Crippen MR) is 81.4 cm³/mol. The van der Waals surface area contributed by atoms with Gasteiger partial charge in [-0.1, -0.05) is 0 Å². The van der Waals surface area contributed by atoms with Crippen molar-refractivity contribution < 1.29 is 8.42 Å². The zero-order chi connectivity index (χ0) is 14.6. The number of piperazine rings is 1. The monoisotopic (exact) mass is 318 g/mol. The summed E-state index contributed by atoms with van der Waals surface area (Å²) >= 11 is 1.50. The summed E-state index contributed by atoms with van der Waals surface area (Å²) in [6.07, 6.45) is 0. The fraction of sp³-hybridized carbons (Fsp3) is 0.750. The Morgan fingerprint density at radius 2 is 2.15 bits per heavy atom. The Kier molecular flexibility index (Phi) is 5.50. The van der Waals surface area contributed by atoms with E-state index in [0.29, 0.717) is 13.1 Å². The van der Waals surface area contributed by atoms with Gasteiger partial charge in [0.15, 0.2) is 0 Å². The molecule has 6 nitrogen and oxygen atoms in total. The second kappa shape index (κ2) is 6.95. The third-order valence-electron chi connectivity index (χ3n) is 3.56. The van der Waals surface area contributed by atoms with Crippen LogP contribution >= 0.6 is 11.3 Å². The third-order valence-corrected chi connectivity index (χ3v) is 6.26. The van der Waals surface area contributed by atoms with E-state index in [1.807, 2.05) is 6.92 Å². The van der Waals surface area contributed by atoms with E-state index < -0.39 is 10.0 Å². The Bertz CT molecular complexity index is 523. The van der Waals surface area contributed by atoms with Gasteiger partial charge in [0.2, 0.25) is 10.0 Å². The van der Waals surface area contributed by atoms with Crippen molar-refractivity contribution in [3.8, 4) is 0 Å². The Balaban J connectivity index is 1.87. The fourth-order valence-corrected chi connectivity index (χ4v) is 4.15. The molecule has 0 amide bonds. The number of hydrogen-bond donors (Lipinski definition) is 1. The van der Waals surface area contributed by atoms with E-state index in [1.165, 1.54) is 15.6 Å². The van der Waals surface area contributed by atoms with Crippen LogP contribution in [0.15, 0.2) is 5.51 Å². The van der Waals surface area contributed by atoms with Crippen LogP contribution in [0.4, 0.5) is 0 Å². The first-order valence-electron chi connectivity index (χ1n) is 6.75. The summed E-state index contributed by atoms with van der Waals surface area (Å²) in [6, 6.07) is 0. The molecule has 1 fully saturated rings. The SMILES string of the molecule is Cc1ncsc1CN(C)S(=O)(=O)CCN1CCNCC1. The Hall–Kier alpha value is -0.540. The van der Waals surface area contributed by atoms with Crippen molar-refractivity contribution in [3.05, 3.63) is 16.1 Å². The maximum absolute atomic E-state index is 12.3. The number of nitrogens with zero attached hydrogens (tertiary/aromatic N) is 3. The highest BCUT2D eigenvalue weighted by molar-refractivity contribution is 7.89. The average molecular weight is 318 g/mol. The van der Waals surface area contributed by atoms with Gasteiger partial charge in [0, 0.05) is 51.2 Å². The van der Waals surface area contributed by atoms with Crippen molar-refractivity contribution in [2.24, 2.45) is 0 Å². The van der Waals surface area contributed by atoms with E-state index >= 15 is 0 Å². The van der Waals surface area contributed by atoms with Crippen molar-refractivity contribution in [1.82, 2.24) is 19.5 Å². The topological polar surface area (TPSA) is 65.5 Å². The summed E-state index contributed by atoms with van der Waals surface area (Å²) in [5, 5.41) is 3.26. The highest BCUT2D eigenvalue weighted by atomic mass is 32.2. The third kappa shape index (κ3) is 4.23.